The van der Waals surface area contributed by atoms with E-state index in [0.29, 0.717) is 11.1 Å². The Labute approximate surface area is 124 Å². The van der Waals surface area contributed by atoms with Crippen LogP contribution in [0.15, 0.2) is 36.4 Å². The number of hydrogen-bond acceptors (Lipinski definition) is 3. The highest BCUT2D eigenvalue weighted by Crippen LogP contribution is 2.30. The van der Waals surface area contributed by atoms with E-state index in [-0.39, 0.29) is 16.1 Å². The van der Waals surface area contributed by atoms with Crippen LogP contribution in [0.1, 0.15) is 20.7 Å². The largest absolute Gasteiger partial charge is 0.478 e. The highest BCUT2D eigenvalue weighted by Gasteiger charge is 2.14. The van der Waals surface area contributed by atoms with E-state index in [1.807, 2.05) is 0 Å². The van der Waals surface area contributed by atoms with Gasteiger partial charge in [0.15, 0.2) is 0 Å². The van der Waals surface area contributed by atoms with Gasteiger partial charge in [-0.1, -0.05) is 11.6 Å². The number of esters is 1. The predicted octanol–water partition coefficient (Wildman–Crippen LogP) is 3.63. The average Bonchev–Trinajstić information content (AvgIpc) is 2.45. The van der Waals surface area contributed by atoms with E-state index in [9.17, 15) is 14.0 Å². The number of methoxy groups -OCH3 is 1. The number of carbonyl (C=O) groups excluding carboxylic acids is 1. The highest BCUT2D eigenvalue weighted by molar-refractivity contribution is 6.33. The fourth-order valence-corrected chi connectivity index (χ4v) is 2.09. The van der Waals surface area contributed by atoms with E-state index in [1.54, 1.807) is 0 Å². The fourth-order valence-electron chi connectivity index (χ4n) is 1.86. The molecule has 0 saturated heterocycles. The first kappa shape index (κ1) is 15.0. The summed E-state index contributed by atoms with van der Waals surface area (Å²) >= 11 is 6.02. The smallest absolute Gasteiger partial charge is 0.337 e. The lowest BCUT2D eigenvalue weighted by molar-refractivity contribution is 0.0599. The molecular weight excluding hydrogens is 299 g/mol. The minimum Gasteiger partial charge on any atom is -0.478 e. The number of carboxylic acid groups (broad SMARTS) is 1. The summed E-state index contributed by atoms with van der Waals surface area (Å²) in [7, 11) is 1.19. The number of carbonyl (C=O) groups is 2. The monoisotopic (exact) mass is 308 g/mol. The van der Waals surface area contributed by atoms with Crippen molar-refractivity contribution in [2.75, 3.05) is 7.11 Å². The van der Waals surface area contributed by atoms with Crippen molar-refractivity contribution in [3.05, 3.63) is 58.4 Å². The zero-order valence-electron chi connectivity index (χ0n) is 10.9. The number of benzene rings is 2. The second-order valence-electron chi connectivity index (χ2n) is 4.22. The molecule has 1 N–H and O–H groups in total. The molecule has 0 aliphatic heterocycles. The zero-order chi connectivity index (χ0) is 15.6. The lowest BCUT2D eigenvalue weighted by Crippen LogP contribution is -2.02. The number of carboxylic acids is 1. The van der Waals surface area contributed by atoms with Crippen molar-refractivity contribution in [2.24, 2.45) is 0 Å². The number of halogens is 2. The van der Waals surface area contributed by atoms with Gasteiger partial charge < -0.3 is 9.84 Å². The first-order valence-electron chi connectivity index (χ1n) is 5.84. The molecule has 4 nitrogen and oxygen atoms in total. The summed E-state index contributed by atoms with van der Waals surface area (Å²) in [4.78, 5) is 22.5. The molecule has 0 fully saturated rings. The molecular formula is C15H10ClFO4. The summed E-state index contributed by atoms with van der Waals surface area (Å²) in [5, 5.41) is 9.24. The maximum Gasteiger partial charge on any atom is 0.337 e. The van der Waals surface area contributed by atoms with E-state index in [0.717, 1.165) is 6.07 Å². The summed E-state index contributed by atoms with van der Waals surface area (Å²) in [6, 6.07) is 7.66. The molecule has 0 aromatic heterocycles. The minimum absolute atomic E-state index is 0.0123. The van der Waals surface area contributed by atoms with Crippen LogP contribution in [0.2, 0.25) is 5.02 Å². The molecule has 21 heavy (non-hydrogen) atoms. The highest BCUT2D eigenvalue weighted by atomic mass is 35.5. The molecule has 6 heteroatoms. The molecule has 0 spiro atoms. The Hall–Kier alpha value is -2.40. The maximum absolute atomic E-state index is 13.6. The van der Waals surface area contributed by atoms with Crippen LogP contribution in [0.4, 0.5) is 4.39 Å². The normalized spacial score (nSPS) is 10.2. The van der Waals surface area contributed by atoms with Crippen molar-refractivity contribution in [2.45, 2.75) is 0 Å². The van der Waals surface area contributed by atoms with Crippen LogP contribution in [0.25, 0.3) is 11.1 Å². The van der Waals surface area contributed by atoms with E-state index in [4.69, 9.17) is 16.7 Å². The van der Waals surface area contributed by atoms with Gasteiger partial charge in [-0.3, -0.25) is 0 Å². The van der Waals surface area contributed by atoms with Crippen molar-refractivity contribution in [3.8, 4) is 11.1 Å². The Morgan fingerprint density at radius 1 is 1.14 bits per heavy atom. The molecule has 0 amide bonds. The summed E-state index contributed by atoms with van der Waals surface area (Å²) in [6.45, 7) is 0. The number of hydrogen-bond donors (Lipinski definition) is 1. The van der Waals surface area contributed by atoms with Crippen LogP contribution in [0.3, 0.4) is 0 Å². The third-order valence-corrected chi connectivity index (χ3v) is 3.17. The SMILES string of the molecule is COC(=O)c1cc(F)cc(-c2cc(C(=O)O)ccc2Cl)c1. The molecule has 0 aliphatic carbocycles. The van der Waals surface area contributed by atoms with E-state index < -0.39 is 17.8 Å². The molecule has 2 aromatic carbocycles. The van der Waals surface area contributed by atoms with Crippen LogP contribution >= 0.6 is 11.6 Å². The zero-order valence-corrected chi connectivity index (χ0v) is 11.6. The second-order valence-corrected chi connectivity index (χ2v) is 4.63. The van der Waals surface area contributed by atoms with Crippen LogP contribution in [0.5, 0.6) is 0 Å². The van der Waals surface area contributed by atoms with Crippen molar-refractivity contribution in [1.29, 1.82) is 0 Å². The van der Waals surface area contributed by atoms with E-state index in [2.05, 4.69) is 4.74 Å². The maximum atomic E-state index is 13.6. The van der Waals surface area contributed by atoms with E-state index >= 15 is 0 Å². The van der Waals surface area contributed by atoms with Gasteiger partial charge in [0.2, 0.25) is 0 Å². The van der Waals surface area contributed by atoms with Crippen LogP contribution < -0.4 is 0 Å². The van der Waals surface area contributed by atoms with E-state index in [1.165, 1.54) is 37.4 Å². The summed E-state index contributed by atoms with van der Waals surface area (Å²) in [5.41, 5.74) is 0.646. The van der Waals surface area contributed by atoms with Gasteiger partial charge in [-0.05, 0) is 42.0 Å². The first-order valence-corrected chi connectivity index (χ1v) is 6.22. The van der Waals surface area contributed by atoms with Gasteiger partial charge in [0.25, 0.3) is 0 Å². The van der Waals surface area contributed by atoms with Gasteiger partial charge in [0.05, 0.1) is 18.2 Å². The fraction of sp³-hybridized carbons (Fsp3) is 0.0667. The van der Waals surface area contributed by atoms with Gasteiger partial charge in [-0.15, -0.1) is 0 Å². The number of ether oxygens (including phenoxy) is 1. The molecule has 2 rings (SSSR count). The topological polar surface area (TPSA) is 63.6 Å². The van der Waals surface area contributed by atoms with Gasteiger partial charge in [-0.2, -0.15) is 0 Å². The molecule has 0 saturated carbocycles. The van der Waals surface area contributed by atoms with Gasteiger partial charge >= 0.3 is 11.9 Å². The Balaban J connectivity index is 2.61. The van der Waals surface area contributed by atoms with Crippen LogP contribution in [-0.2, 0) is 4.74 Å². The molecule has 2 aromatic rings. The quantitative estimate of drug-likeness (QED) is 0.879. The van der Waals surface area contributed by atoms with Crippen molar-refractivity contribution in [3.63, 3.8) is 0 Å². The Morgan fingerprint density at radius 2 is 1.86 bits per heavy atom. The number of rotatable bonds is 3. The average molecular weight is 309 g/mol. The predicted molar refractivity (Wildman–Crippen MR) is 75.1 cm³/mol. The summed E-state index contributed by atoms with van der Waals surface area (Å²) in [6.07, 6.45) is 0. The Morgan fingerprint density at radius 3 is 2.48 bits per heavy atom. The van der Waals surface area contributed by atoms with Crippen LogP contribution in [0, 0.1) is 5.82 Å². The molecule has 0 heterocycles. The molecule has 0 aliphatic rings. The third-order valence-electron chi connectivity index (χ3n) is 2.84. The lowest BCUT2D eigenvalue weighted by Gasteiger charge is -2.08. The molecule has 108 valence electrons. The standard InChI is InChI=1S/C15H10ClFO4/c1-21-15(20)10-4-9(5-11(17)6-10)12-7-8(14(18)19)2-3-13(12)16/h2-7H,1H3,(H,18,19). The van der Waals surface area contributed by atoms with Crippen molar-refractivity contribution < 1.29 is 23.8 Å². The summed E-state index contributed by atoms with van der Waals surface area (Å²) in [5.74, 6) is -2.47. The first-order chi connectivity index (χ1) is 9.92. The summed E-state index contributed by atoms with van der Waals surface area (Å²) < 4.78 is 18.2. The minimum atomic E-state index is -1.13. The Kier molecular flexibility index (Phi) is 4.23. The van der Waals surface area contributed by atoms with Crippen molar-refractivity contribution in [1.82, 2.24) is 0 Å². The molecule has 0 radical (unpaired) electrons. The number of aromatic carboxylic acids is 1. The third kappa shape index (κ3) is 3.20. The molecule has 0 unspecified atom stereocenters. The lowest BCUT2D eigenvalue weighted by atomic mass is 10.0. The van der Waals surface area contributed by atoms with Gasteiger partial charge in [-0.25, -0.2) is 14.0 Å². The van der Waals surface area contributed by atoms with Gasteiger partial charge in [0, 0.05) is 10.6 Å². The second kappa shape index (κ2) is 5.93. The van der Waals surface area contributed by atoms with Crippen molar-refractivity contribution >= 4 is 23.5 Å². The van der Waals surface area contributed by atoms with Gasteiger partial charge in [0.1, 0.15) is 5.82 Å². The molecule has 0 atom stereocenters. The molecule has 0 bridgehead atoms. The Bertz CT molecular complexity index is 728. The van der Waals surface area contributed by atoms with Crippen LogP contribution in [-0.4, -0.2) is 24.2 Å².